The Morgan fingerprint density at radius 1 is 1.00 bits per heavy atom. The minimum atomic E-state index is -0.550. The van der Waals surface area contributed by atoms with E-state index in [1.807, 2.05) is 35.7 Å². The second-order valence-corrected chi connectivity index (χ2v) is 8.96. The zero-order valence-corrected chi connectivity index (χ0v) is 21.6. The highest BCUT2D eigenvalue weighted by Crippen LogP contribution is 2.18. The van der Waals surface area contributed by atoms with Crippen LogP contribution in [0.15, 0.2) is 24.3 Å². The molecule has 0 aliphatic heterocycles. The summed E-state index contributed by atoms with van der Waals surface area (Å²) >= 11 is 0. The highest BCUT2D eigenvalue weighted by Gasteiger charge is 2.16. The van der Waals surface area contributed by atoms with Crippen molar-refractivity contribution in [3.63, 3.8) is 0 Å². The van der Waals surface area contributed by atoms with E-state index in [1.54, 1.807) is 19.2 Å². The van der Waals surface area contributed by atoms with E-state index >= 15 is 0 Å². The number of rotatable bonds is 14. The molecule has 1 rings (SSSR count). The number of hydrogen-bond donors (Lipinski definition) is 2. The zero-order valence-electron chi connectivity index (χ0n) is 19.9. The van der Waals surface area contributed by atoms with E-state index in [4.69, 9.17) is 13.5 Å². The van der Waals surface area contributed by atoms with Crippen LogP contribution < -0.4 is 11.1 Å². The van der Waals surface area contributed by atoms with Crippen LogP contribution >= 0.6 is 21.6 Å². The van der Waals surface area contributed by atoms with Crippen LogP contribution in [0.25, 0.3) is 0 Å². The third-order valence-electron chi connectivity index (χ3n) is 3.71. The van der Waals surface area contributed by atoms with Gasteiger partial charge in [-0.3, -0.25) is 0 Å². The summed E-state index contributed by atoms with van der Waals surface area (Å²) in [6.07, 6.45) is 5.01. The molecule has 0 bridgehead atoms. The lowest BCUT2D eigenvalue weighted by atomic mass is 9.27. The average Bonchev–Trinajstić information content (AvgIpc) is 2.83. The molecule has 0 atom stereocenters. The quantitative estimate of drug-likeness (QED) is 0.183. The van der Waals surface area contributed by atoms with Gasteiger partial charge in [0.15, 0.2) is 0 Å². The van der Waals surface area contributed by atoms with Crippen LogP contribution in [-0.4, -0.2) is 79.3 Å². The predicted octanol–water partition coefficient (Wildman–Crippen LogP) is 3.20. The third kappa shape index (κ3) is 19.6. The number of benzene rings is 1. The van der Waals surface area contributed by atoms with E-state index < -0.39 is 11.9 Å². The molecule has 1 aromatic carbocycles. The van der Waals surface area contributed by atoms with Crippen molar-refractivity contribution in [2.75, 3.05) is 45.4 Å². The maximum atomic E-state index is 11.2. The van der Waals surface area contributed by atoms with Gasteiger partial charge in [-0.1, -0.05) is 66.7 Å². The molecule has 0 unspecified atom stereocenters. The Morgan fingerprint density at radius 2 is 1.56 bits per heavy atom. The van der Waals surface area contributed by atoms with Gasteiger partial charge in [0.25, 0.3) is 0 Å². The summed E-state index contributed by atoms with van der Waals surface area (Å²) in [5, 5.41) is 3.43. The summed E-state index contributed by atoms with van der Waals surface area (Å²) in [5.74, 6) is 1.16. The van der Waals surface area contributed by atoms with Crippen LogP contribution in [0.4, 0.5) is 0 Å². The van der Waals surface area contributed by atoms with Crippen LogP contribution in [0.1, 0.15) is 53.8 Å². The lowest BCUT2D eigenvalue weighted by Gasteiger charge is -2.04. The Hall–Kier alpha value is -1.03. The largest absolute Gasteiger partial charge is 0.465 e. The van der Waals surface area contributed by atoms with Crippen molar-refractivity contribution in [2.45, 2.75) is 39.4 Å². The van der Waals surface area contributed by atoms with E-state index in [0.717, 1.165) is 25.2 Å². The number of nitrogens with two attached hydrogens (primary N) is 1. The molecule has 0 fully saturated rings. The van der Waals surface area contributed by atoms with Gasteiger partial charge in [-0.25, -0.2) is 9.59 Å². The van der Waals surface area contributed by atoms with Gasteiger partial charge in [-0.05, 0) is 25.1 Å². The molecule has 0 aromatic heterocycles. The van der Waals surface area contributed by atoms with Crippen molar-refractivity contribution in [1.82, 2.24) is 5.32 Å². The van der Waals surface area contributed by atoms with E-state index in [2.05, 4.69) is 21.7 Å². The number of unbranched alkanes of at least 4 members (excludes halogenated alkanes) is 2. The fourth-order valence-electron chi connectivity index (χ4n) is 2.10. The van der Waals surface area contributed by atoms with Crippen LogP contribution in [0, 0.1) is 0 Å². The maximum absolute atomic E-state index is 11.2. The van der Waals surface area contributed by atoms with E-state index in [-0.39, 0.29) is 11.1 Å². The summed E-state index contributed by atoms with van der Waals surface area (Å²) in [4.78, 5) is 22.4. The van der Waals surface area contributed by atoms with Gasteiger partial charge in [0, 0.05) is 39.4 Å². The number of methoxy groups -OCH3 is 2. The Morgan fingerprint density at radius 3 is 1.97 bits per heavy atom. The second-order valence-electron chi connectivity index (χ2n) is 6.25. The summed E-state index contributed by atoms with van der Waals surface area (Å²) in [5.41, 5.74) is 5.79. The SMILES string of the molecule is CCCCCNCCSSCCN.COC(=O)c1ccccc1C(=O)OC.[B][B][B]CC. The van der Waals surface area contributed by atoms with Crippen LogP contribution in [0.3, 0.4) is 0 Å². The number of hydrogen-bond acceptors (Lipinski definition) is 8. The monoisotopic (exact) mass is 478 g/mol. The molecule has 176 valence electrons. The Bertz CT molecular complexity index is 541. The molecule has 1 aromatic rings. The Kier molecular flexibility index (Phi) is 27.2. The Balaban J connectivity index is 0. The first-order chi connectivity index (χ1) is 15.5. The molecule has 3 N–H and O–H groups in total. The highest BCUT2D eigenvalue weighted by atomic mass is 33.1. The van der Waals surface area contributed by atoms with Gasteiger partial charge in [0.05, 0.1) is 32.5 Å². The summed E-state index contributed by atoms with van der Waals surface area (Å²) in [7, 11) is 14.7. The van der Waals surface area contributed by atoms with Crippen molar-refractivity contribution in [1.29, 1.82) is 0 Å². The van der Waals surface area contributed by atoms with Crippen molar-refractivity contribution >= 4 is 55.5 Å². The van der Waals surface area contributed by atoms with Gasteiger partial charge < -0.3 is 20.5 Å². The number of carbonyl (C=O) groups excluding carboxylic acids is 2. The van der Waals surface area contributed by atoms with Crippen LogP contribution in [0.5, 0.6) is 0 Å². The van der Waals surface area contributed by atoms with E-state index in [9.17, 15) is 9.59 Å². The summed E-state index contributed by atoms with van der Waals surface area (Å²) in [6, 6.07) is 6.33. The fraction of sp³-hybridized carbons (Fsp3) is 0.619. The molecule has 0 saturated heterocycles. The van der Waals surface area contributed by atoms with Gasteiger partial charge in [-0.15, -0.1) is 0 Å². The van der Waals surface area contributed by atoms with Gasteiger partial charge in [-0.2, -0.15) is 0 Å². The molecule has 0 saturated carbocycles. The zero-order chi connectivity index (χ0) is 24.5. The normalized spacial score (nSPS) is 9.41. The molecule has 32 heavy (non-hydrogen) atoms. The molecule has 0 amide bonds. The van der Waals surface area contributed by atoms with Gasteiger partial charge in [0.1, 0.15) is 0 Å². The van der Waals surface area contributed by atoms with Crippen LogP contribution in [0.2, 0.25) is 6.32 Å². The first-order valence-electron chi connectivity index (χ1n) is 10.8. The molecular weight excluding hydrogens is 441 g/mol. The molecule has 11 heteroatoms. The van der Waals surface area contributed by atoms with Crippen molar-refractivity contribution in [3.05, 3.63) is 35.4 Å². The lowest BCUT2D eigenvalue weighted by molar-refractivity contribution is 0.0555. The van der Waals surface area contributed by atoms with Crippen molar-refractivity contribution in [3.8, 4) is 0 Å². The van der Waals surface area contributed by atoms with Crippen LogP contribution in [-0.2, 0) is 9.47 Å². The first-order valence-corrected chi connectivity index (χ1v) is 13.3. The molecule has 0 spiro atoms. The number of esters is 2. The molecule has 6 nitrogen and oxygen atoms in total. The van der Waals surface area contributed by atoms with Crippen molar-refractivity contribution < 1.29 is 19.1 Å². The number of ether oxygens (including phenoxy) is 2. The summed E-state index contributed by atoms with van der Waals surface area (Å²) < 4.78 is 9.05. The van der Waals surface area contributed by atoms with Gasteiger partial charge >= 0.3 is 11.9 Å². The molecule has 0 aliphatic rings. The standard InChI is InChI=1S/C10H10O4.C9H22N2S2.C2H5B3/c1-13-9(11)7-5-3-4-6-8(7)10(12)14-2;1-2-3-4-6-11-7-9-13-12-8-5-10;1-2-4-5-3/h3-6H,1-2H3;11H,2-10H2,1H3;2H2,1H3. The number of nitrogens with one attached hydrogen (secondary N) is 1. The highest BCUT2D eigenvalue weighted by molar-refractivity contribution is 8.76. The van der Waals surface area contributed by atoms with Gasteiger partial charge in [0.2, 0.25) is 0 Å². The first kappa shape index (κ1) is 33.1. The number of carbonyl (C=O) groups is 2. The lowest BCUT2D eigenvalue weighted by Crippen LogP contribution is -2.18. The maximum Gasteiger partial charge on any atom is 0.338 e. The minimum Gasteiger partial charge on any atom is -0.465 e. The smallest absolute Gasteiger partial charge is 0.338 e. The fourth-order valence-corrected chi connectivity index (χ4v) is 3.91. The topological polar surface area (TPSA) is 90.6 Å². The third-order valence-corrected chi connectivity index (χ3v) is 6.15. The molecular formula is C21H37B3N2O4S2. The minimum absolute atomic E-state index is 0.210. The second kappa shape index (κ2) is 26.2. The van der Waals surface area contributed by atoms with E-state index in [1.165, 1.54) is 57.9 Å². The predicted molar refractivity (Wildman–Crippen MR) is 143 cm³/mol. The molecule has 0 heterocycles. The molecule has 4 radical (unpaired) electrons. The average molecular weight is 478 g/mol. The van der Waals surface area contributed by atoms with E-state index in [0.29, 0.717) is 0 Å². The molecule has 0 aliphatic carbocycles. The van der Waals surface area contributed by atoms with Crippen molar-refractivity contribution in [2.24, 2.45) is 5.73 Å². The summed E-state index contributed by atoms with van der Waals surface area (Å²) in [6.45, 7) is 7.38. The Labute approximate surface area is 205 Å².